The Morgan fingerprint density at radius 3 is 2.56 bits per heavy atom. The number of alkyl halides is 2. The number of amides is 1. The summed E-state index contributed by atoms with van der Waals surface area (Å²) in [7, 11) is 0. The van der Waals surface area contributed by atoms with Crippen LogP contribution < -0.4 is 5.32 Å². The number of halogens is 4. The third-order valence-electron chi connectivity index (χ3n) is 5.25. The molecule has 0 spiro atoms. The first-order valence-corrected chi connectivity index (χ1v) is 10.6. The van der Waals surface area contributed by atoms with Crippen LogP contribution in [-0.2, 0) is 0 Å². The van der Waals surface area contributed by atoms with Gasteiger partial charge in [-0.2, -0.15) is 15.0 Å². The average Bonchev–Trinajstić information content (AvgIpc) is 3.27. The second-order valence-electron chi connectivity index (χ2n) is 7.62. The summed E-state index contributed by atoms with van der Waals surface area (Å²) in [5, 5.41) is 11.8. The number of anilines is 1. The van der Waals surface area contributed by atoms with E-state index in [4.69, 9.17) is 23.2 Å². The van der Waals surface area contributed by atoms with Crippen LogP contribution in [0.4, 0.5) is 14.7 Å². The number of carbonyl (C=O) groups excluding carboxylic acids is 1. The summed E-state index contributed by atoms with van der Waals surface area (Å²) >= 11 is 11.9. The predicted octanol–water partition coefficient (Wildman–Crippen LogP) is 3.96. The van der Waals surface area contributed by atoms with Crippen molar-refractivity contribution in [2.24, 2.45) is 5.92 Å². The lowest BCUT2D eigenvalue weighted by Crippen LogP contribution is -2.57. The Bertz CT molecular complexity index is 1100. The molecule has 1 N–H and O–H groups in total. The number of benzene rings is 1. The summed E-state index contributed by atoms with van der Waals surface area (Å²) in [5.74, 6) is -3.82. The van der Waals surface area contributed by atoms with Crippen LogP contribution in [0.1, 0.15) is 23.7 Å². The summed E-state index contributed by atoms with van der Waals surface area (Å²) < 4.78 is 29.0. The van der Waals surface area contributed by atoms with E-state index in [-0.39, 0.29) is 24.5 Å². The van der Waals surface area contributed by atoms with Gasteiger partial charge in [-0.15, -0.1) is 0 Å². The fraction of sp³-hybridized carbons (Fsp3) is 0.350. The van der Waals surface area contributed by atoms with E-state index in [0.717, 1.165) is 0 Å². The summed E-state index contributed by atoms with van der Waals surface area (Å²) in [4.78, 5) is 24.1. The van der Waals surface area contributed by atoms with Gasteiger partial charge in [-0.25, -0.2) is 18.7 Å². The maximum Gasteiger partial charge on any atom is 0.265 e. The van der Waals surface area contributed by atoms with Crippen LogP contribution in [0.2, 0.25) is 10.0 Å². The van der Waals surface area contributed by atoms with Gasteiger partial charge in [0.15, 0.2) is 0 Å². The number of rotatable bonds is 5. The molecule has 32 heavy (non-hydrogen) atoms. The molecule has 3 heterocycles. The summed E-state index contributed by atoms with van der Waals surface area (Å²) in [6.45, 7) is 1.15. The van der Waals surface area contributed by atoms with Gasteiger partial charge in [-0.3, -0.25) is 4.79 Å². The quantitative estimate of drug-likeness (QED) is 0.593. The minimum Gasteiger partial charge on any atom is -0.352 e. The van der Waals surface area contributed by atoms with Crippen molar-refractivity contribution >= 4 is 35.1 Å². The van der Waals surface area contributed by atoms with E-state index in [1.807, 2.05) is 0 Å². The second-order valence-corrected chi connectivity index (χ2v) is 8.50. The van der Waals surface area contributed by atoms with Crippen LogP contribution >= 0.6 is 23.2 Å². The van der Waals surface area contributed by atoms with E-state index in [1.54, 1.807) is 19.1 Å². The highest BCUT2D eigenvalue weighted by molar-refractivity contribution is 6.31. The molecule has 3 aromatic rings. The molecule has 168 valence electrons. The van der Waals surface area contributed by atoms with E-state index in [9.17, 15) is 13.6 Å². The van der Waals surface area contributed by atoms with Crippen molar-refractivity contribution in [2.75, 3.05) is 18.4 Å². The highest BCUT2D eigenvalue weighted by Crippen LogP contribution is 2.36. The molecule has 4 rings (SSSR count). The molecule has 0 radical (unpaired) electrons. The molecule has 0 aliphatic carbocycles. The average molecular weight is 482 g/mol. The zero-order chi connectivity index (χ0) is 22.9. The van der Waals surface area contributed by atoms with Gasteiger partial charge in [0.25, 0.3) is 11.8 Å². The molecule has 1 aromatic carbocycles. The number of hydrogen-bond acceptors (Lipinski definition) is 6. The third-order valence-corrected chi connectivity index (χ3v) is 5.68. The minimum absolute atomic E-state index is 0.131. The van der Waals surface area contributed by atoms with Gasteiger partial charge in [-0.1, -0.05) is 30.1 Å². The number of likely N-dealkylation sites (tertiary alicyclic amines) is 1. The fourth-order valence-corrected chi connectivity index (χ4v) is 4.10. The Labute approximate surface area is 192 Å². The molecule has 1 amide bonds. The number of piperidine rings is 1. The smallest absolute Gasteiger partial charge is 0.265 e. The molecule has 12 heteroatoms. The predicted molar refractivity (Wildman–Crippen MR) is 115 cm³/mol. The zero-order valence-corrected chi connectivity index (χ0v) is 18.4. The lowest BCUT2D eigenvalue weighted by molar-refractivity contribution is -0.0897. The van der Waals surface area contributed by atoms with Crippen molar-refractivity contribution in [1.29, 1.82) is 0 Å². The standard InChI is InChI=1S/C20H19Cl2F2N7O/c1-12-7-20(23,24)11-30(17(12)10-27-19-25-8-14(22)9-26-19)18(32)15-6-13(21)2-3-16(15)31-28-4-5-29-31/h2-6,8-9,12,17H,7,10-11H2,1H3,(H,25,26,27)/t12-,17-/m1/s1. The molecule has 1 aliphatic rings. The number of aromatic nitrogens is 5. The Morgan fingerprint density at radius 2 is 1.88 bits per heavy atom. The van der Waals surface area contributed by atoms with Gasteiger partial charge in [0.2, 0.25) is 5.95 Å². The first kappa shape index (κ1) is 22.3. The van der Waals surface area contributed by atoms with Crippen LogP contribution in [0.25, 0.3) is 5.69 Å². The number of nitrogens with one attached hydrogen (secondary N) is 1. The van der Waals surface area contributed by atoms with Crippen molar-refractivity contribution in [3.05, 3.63) is 58.6 Å². The lowest BCUT2D eigenvalue weighted by Gasteiger charge is -2.43. The zero-order valence-electron chi connectivity index (χ0n) is 16.9. The molecule has 8 nitrogen and oxygen atoms in total. The third kappa shape index (κ3) is 4.81. The highest BCUT2D eigenvalue weighted by atomic mass is 35.5. The normalized spacial score (nSPS) is 20.2. The monoisotopic (exact) mass is 481 g/mol. The van der Waals surface area contributed by atoms with Gasteiger partial charge in [-0.05, 0) is 24.1 Å². The summed E-state index contributed by atoms with van der Waals surface area (Å²) in [6, 6.07) is 4.06. The van der Waals surface area contributed by atoms with Crippen LogP contribution in [0.3, 0.4) is 0 Å². The largest absolute Gasteiger partial charge is 0.352 e. The number of nitrogens with zero attached hydrogens (tertiary/aromatic N) is 6. The van der Waals surface area contributed by atoms with Crippen LogP contribution in [-0.4, -0.2) is 60.8 Å². The molecule has 1 aliphatic heterocycles. The van der Waals surface area contributed by atoms with Crippen molar-refractivity contribution in [3.8, 4) is 5.69 Å². The maximum absolute atomic E-state index is 14.5. The van der Waals surface area contributed by atoms with Gasteiger partial charge in [0.1, 0.15) is 0 Å². The lowest BCUT2D eigenvalue weighted by atomic mass is 9.87. The van der Waals surface area contributed by atoms with Crippen molar-refractivity contribution in [3.63, 3.8) is 0 Å². The van der Waals surface area contributed by atoms with Gasteiger partial charge < -0.3 is 10.2 Å². The Balaban J connectivity index is 1.65. The second kappa shape index (κ2) is 8.95. The van der Waals surface area contributed by atoms with Crippen molar-refractivity contribution < 1.29 is 13.6 Å². The van der Waals surface area contributed by atoms with Crippen molar-refractivity contribution in [2.45, 2.75) is 25.3 Å². The minimum atomic E-state index is -3.02. The number of carbonyl (C=O) groups is 1. The van der Waals surface area contributed by atoms with Gasteiger partial charge in [0, 0.05) is 18.0 Å². The molecule has 0 unspecified atom stereocenters. The van der Waals surface area contributed by atoms with E-state index >= 15 is 0 Å². The summed E-state index contributed by atoms with van der Waals surface area (Å²) in [6.07, 6.45) is 5.42. The molecular weight excluding hydrogens is 463 g/mol. The van der Waals surface area contributed by atoms with Crippen LogP contribution in [0.15, 0.2) is 43.0 Å². The molecule has 1 fully saturated rings. The van der Waals surface area contributed by atoms with E-state index < -0.39 is 30.3 Å². The SMILES string of the molecule is C[C@@H]1CC(F)(F)CN(C(=O)c2cc(Cl)ccc2-n2nccn2)[C@@H]1CNc1ncc(Cl)cn1. The van der Waals surface area contributed by atoms with Gasteiger partial charge >= 0.3 is 0 Å². The molecule has 1 saturated heterocycles. The molecule has 0 saturated carbocycles. The molecular formula is C20H19Cl2F2N7O. The first-order chi connectivity index (χ1) is 15.2. The Kier molecular flexibility index (Phi) is 6.25. The topological polar surface area (TPSA) is 88.8 Å². The number of hydrogen-bond donors (Lipinski definition) is 1. The Hall–Kier alpha value is -2.85. The highest BCUT2D eigenvalue weighted by Gasteiger charge is 2.46. The fourth-order valence-electron chi connectivity index (χ4n) is 3.83. The molecule has 0 bridgehead atoms. The Morgan fingerprint density at radius 1 is 1.19 bits per heavy atom. The summed E-state index contributed by atoms with van der Waals surface area (Å²) in [5.41, 5.74) is 0.477. The van der Waals surface area contributed by atoms with Crippen LogP contribution in [0, 0.1) is 5.92 Å². The van der Waals surface area contributed by atoms with Crippen molar-refractivity contribution in [1.82, 2.24) is 29.9 Å². The van der Waals surface area contributed by atoms with E-state index in [0.29, 0.717) is 15.7 Å². The first-order valence-electron chi connectivity index (χ1n) is 9.80. The molecule has 2 aromatic heterocycles. The molecule has 2 atom stereocenters. The van der Waals surface area contributed by atoms with E-state index in [2.05, 4.69) is 25.5 Å². The van der Waals surface area contributed by atoms with Gasteiger partial charge in [0.05, 0.1) is 53.6 Å². The van der Waals surface area contributed by atoms with E-state index in [1.165, 1.54) is 40.6 Å². The van der Waals surface area contributed by atoms with Crippen LogP contribution in [0.5, 0.6) is 0 Å². The maximum atomic E-state index is 14.5.